The van der Waals surface area contributed by atoms with Gasteiger partial charge in [-0.15, -0.1) is 0 Å². The molecule has 4 heteroatoms. The Bertz CT molecular complexity index is 429. The summed E-state index contributed by atoms with van der Waals surface area (Å²) in [6, 6.07) is 6.39. The molecule has 0 aromatic heterocycles. The van der Waals surface area contributed by atoms with E-state index in [0.29, 0.717) is 12.6 Å². The van der Waals surface area contributed by atoms with Gasteiger partial charge >= 0.3 is 0 Å². The van der Waals surface area contributed by atoms with Crippen LogP contribution in [0.5, 0.6) is 5.75 Å². The van der Waals surface area contributed by atoms with Gasteiger partial charge in [-0.2, -0.15) is 0 Å². The third kappa shape index (κ3) is 7.30. The lowest BCUT2D eigenvalue weighted by atomic mass is 10.1. The van der Waals surface area contributed by atoms with Crippen LogP contribution in [0.25, 0.3) is 0 Å². The van der Waals surface area contributed by atoms with Gasteiger partial charge < -0.3 is 14.8 Å². The summed E-state index contributed by atoms with van der Waals surface area (Å²) in [5, 5.41) is 3.57. The summed E-state index contributed by atoms with van der Waals surface area (Å²) in [6.45, 7) is 10.1. The predicted octanol–water partition coefficient (Wildman–Crippen LogP) is 4.18. The first-order chi connectivity index (χ1) is 9.85. The monoisotopic (exact) mass is 357 g/mol. The van der Waals surface area contributed by atoms with Crippen LogP contribution in [0.15, 0.2) is 22.7 Å². The Morgan fingerprint density at radius 2 is 2.00 bits per heavy atom. The lowest BCUT2D eigenvalue weighted by Crippen LogP contribution is -2.38. The first kappa shape index (κ1) is 18.5. The van der Waals surface area contributed by atoms with E-state index < -0.39 is 0 Å². The molecule has 0 amide bonds. The highest BCUT2D eigenvalue weighted by Crippen LogP contribution is 2.24. The van der Waals surface area contributed by atoms with Crippen molar-refractivity contribution in [2.45, 2.75) is 52.2 Å². The average Bonchev–Trinajstić information content (AvgIpc) is 2.43. The summed E-state index contributed by atoms with van der Waals surface area (Å²) >= 11 is 3.62. The van der Waals surface area contributed by atoms with Crippen LogP contribution in [0.2, 0.25) is 0 Å². The molecule has 1 N–H and O–H groups in total. The number of hydrogen-bond acceptors (Lipinski definition) is 3. The minimum atomic E-state index is -0.113. The zero-order chi connectivity index (χ0) is 15.9. The van der Waals surface area contributed by atoms with Crippen LogP contribution in [0, 0.1) is 0 Å². The Balaban J connectivity index is 2.75. The summed E-state index contributed by atoms with van der Waals surface area (Å²) in [5.41, 5.74) is 1.12. The maximum absolute atomic E-state index is 5.95. The van der Waals surface area contributed by atoms with Gasteiger partial charge in [0.2, 0.25) is 0 Å². The van der Waals surface area contributed by atoms with Gasteiger partial charge in [0.05, 0.1) is 19.3 Å². The lowest BCUT2D eigenvalue weighted by molar-refractivity contribution is -0.0143. The van der Waals surface area contributed by atoms with Gasteiger partial charge in [-0.05, 0) is 63.9 Å². The van der Waals surface area contributed by atoms with Crippen molar-refractivity contribution in [1.82, 2.24) is 5.32 Å². The van der Waals surface area contributed by atoms with Crippen molar-refractivity contribution in [2.24, 2.45) is 0 Å². The maximum atomic E-state index is 5.95. The molecule has 0 saturated heterocycles. The third-order valence-electron chi connectivity index (χ3n) is 3.12. The molecule has 0 fully saturated rings. The van der Waals surface area contributed by atoms with Crippen LogP contribution in [-0.2, 0) is 11.2 Å². The van der Waals surface area contributed by atoms with E-state index in [1.165, 1.54) is 5.56 Å². The fraction of sp³-hybridized carbons (Fsp3) is 0.647. The van der Waals surface area contributed by atoms with Crippen LogP contribution in [0.1, 0.15) is 39.7 Å². The zero-order valence-corrected chi connectivity index (χ0v) is 15.4. The molecule has 120 valence electrons. The van der Waals surface area contributed by atoms with Crippen LogP contribution >= 0.6 is 15.9 Å². The molecule has 0 aliphatic heterocycles. The Morgan fingerprint density at radius 3 is 2.57 bits per heavy atom. The first-order valence-corrected chi connectivity index (χ1v) is 8.34. The van der Waals surface area contributed by atoms with E-state index in [9.17, 15) is 0 Å². The molecule has 3 nitrogen and oxygen atoms in total. The molecule has 0 radical (unpaired) electrons. The van der Waals surface area contributed by atoms with Gasteiger partial charge in [0.25, 0.3) is 0 Å². The minimum Gasteiger partial charge on any atom is -0.497 e. The van der Waals surface area contributed by atoms with Crippen molar-refractivity contribution in [1.29, 1.82) is 0 Å². The minimum absolute atomic E-state index is 0.113. The number of nitrogens with one attached hydrogen (secondary N) is 1. The second-order valence-electron chi connectivity index (χ2n) is 6.24. The normalized spacial score (nSPS) is 13.2. The molecule has 0 aliphatic rings. The van der Waals surface area contributed by atoms with Crippen molar-refractivity contribution in [3.8, 4) is 5.75 Å². The van der Waals surface area contributed by atoms with E-state index in [0.717, 1.165) is 29.6 Å². The summed E-state index contributed by atoms with van der Waals surface area (Å²) in [5.74, 6) is 0.888. The molecule has 1 atom stereocenters. The van der Waals surface area contributed by atoms with Gasteiger partial charge in [0, 0.05) is 10.5 Å². The molecule has 0 saturated carbocycles. The largest absolute Gasteiger partial charge is 0.497 e. The van der Waals surface area contributed by atoms with Crippen molar-refractivity contribution in [3.05, 3.63) is 28.2 Å². The van der Waals surface area contributed by atoms with Crippen LogP contribution in [-0.4, -0.2) is 31.9 Å². The van der Waals surface area contributed by atoms with Crippen molar-refractivity contribution in [3.63, 3.8) is 0 Å². The van der Waals surface area contributed by atoms with E-state index in [-0.39, 0.29) is 5.60 Å². The average molecular weight is 358 g/mol. The fourth-order valence-corrected chi connectivity index (χ4v) is 2.40. The smallest absolute Gasteiger partial charge is 0.119 e. The van der Waals surface area contributed by atoms with E-state index in [1.54, 1.807) is 7.11 Å². The highest BCUT2D eigenvalue weighted by molar-refractivity contribution is 9.10. The number of methoxy groups -OCH3 is 1. The Morgan fingerprint density at radius 1 is 1.29 bits per heavy atom. The van der Waals surface area contributed by atoms with Gasteiger partial charge in [0.1, 0.15) is 5.75 Å². The lowest BCUT2D eigenvalue weighted by Gasteiger charge is -2.25. The molecule has 0 bridgehead atoms. The first-order valence-electron chi connectivity index (χ1n) is 7.55. The predicted molar refractivity (Wildman–Crippen MR) is 92.2 cm³/mol. The molecule has 1 aromatic rings. The molecule has 0 spiro atoms. The van der Waals surface area contributed by atoms with Crippen LogP contribution in [0.3, 0.4) is 0 Å². The third-order valence-corrected chi connectivity index (χ3v) is 3.89. The second kappa shape index (κ2) is 8.76. The van der Waals surface area contributed by atoms with E-state index >= 15 is 0 Å². The van der Waals surface area contributed by atoms with Gasteiger partial charge in [-0.3, -0.25) is 0 Å². The van der Waals surface area contributed by atoms with Crippen LogP contribution in [0.4, 0.5) is 0 Å². The Hall–Kier alpha value is -0.580. The molecule has 1 aromatic carbocycles. The number of rotatable bonds is 8. The molecule has 0 heterocycles. The maximum Gasteiger partial charge on any atom is 0.119 e. The quantitative estimate of drug-likeness (QED) is 0.756. The highest BCUT2D eigenvalue weighted by Gasteiger charge is 2.17. The van der Waals surface area contributed by atoms with E-state index in [4.69, 9.17) is 9.47 Å². The zero-order valence-electron chi connectivity index (χ0n) is 13.8. The summed E-state index contributed by atoms with van der Waals surface area (Å²) < 4.78 is 12.4. The summed E-state index contributed by atoms with van der Waals surface area (Å²) in [4.78, 5) is 0. The van der Waals surface area contributed by atoms with E-state index in [2.05, 4.69) is 55.0 Å². The topological polar surface area (TPSA) is 30.5 Å². The van der Waals surface area contributed by atoms with Crippen molar-refractivity contribution in [2.75, 3.05) is 20.3 Å². The Labute approximate surface area is 137 Å². The SMILES string of the molecule is CCCNC(COC(C)(C)C)Cc1cc(OC)ccc1Br. The van der Waals surface area contributed by atoms with Gasteiger partial charge in [-0.25, -0.2) is 0 Å². The molecular weight excluding hydrogens is 330 g/mol. The summed E-state index contributed by atoms with van der Waals surface area (Å²) in [6.07, 6.45) is 2.03. The summed E-state index contributed by atoms with van der Waals surface area (Å²) in [7, 11) is 1.70. The fourth-order valence-electron chi connectivity index (χ4n) is 1.99. The number of benzene rings is 1. The molecule has 1 unspecified atom stereocenters. The van der Waals surface area contributed by atoms with E-state index in [1.807, 2.05) is 12.1 Å². The van der Waals surface area contributed by atoms with Crippen molar-refractivity contribution < 1.29 is 9.47 Å². The second-order valence-corrected chi connectivity index (χ2v) is 7.09. The molecule has 21 heavy (non-hydrogen) atoms. The molecular formula is C17H28BrNO2. The van der Waals surface area contributed by atoms with Crippen molar-refractivity contribution >= 4 is 15.9 Å². The number of hydrogen-bond donors (Lipinski definition) is 1. The number of ether oxygens (including phenoxy) is 2. The molecule has 1 rings (SSSR count). The Kier molecular flexibility index (Phi) is 7.71. The van der Waals surface area contributed by atoms with Gasteiger partial charge in [-0.1, -0.05) is 22.9 Å². The molecule has 0 aliphatic carbocycles. The highest BCUT2D eigenvalue weighted by atomic mass is 79.9. The van der Waals surface area contributed by atoms with Gasteiger partial charge in [0.15, 0.2) is 0 Å². The standard InChI is InChI=1S/C17H28BrNO2/c1-6-9-19-14(12-21-17(2,3)4)10-13-11-15(20-5)7-8-16(13)18/h7-8,11,14,19H,6,9-10,12H2,1-5H3. The van der Waals surface area contributed by atoms with Crippen LogP contribution < -0.4 is 10.1 Å². The number of halogens is 1.